The minimum atomic E-state index is -0.266. The van der Waals surface area contributed by atoms with Crippen molar-refractivity contribution in [3.8, 4) is 0 Å². The molecular formula is C17H13NO2S. The van der Waals surface area contributed by atoms with Gasteiger partial charge in [-0.05, 0) is 42.5 Å². The molecule has 1 saturated heterocycles. The summed E-state index contributed by atoms with van der Waals surface area (Å²) < 4.78 is 0. The Hall–Kier alpha value is -2.33. The number of aryl methyl sites for hydroxylation is 1. The fourth-order valence-electron chi connectivity index (χ4n) is 2.18. The molecule has 0 aromatic heterocycles. The molecule has 0 atom stereocenters. The second-order valence-corrected chi connectivity index (χ2v) is 5.76. The van der Waals surface area contributed by atoms with E-state index in [9.17, 15) is 9.59 Å². The Labute approximate surface area is 127 Å². The Balaban J connectivity index is 1.94. The summed E-state index contributed by atoms with van der Waals surface area (Å²) in [4.78, 5) is 26.2. The smallest absolute Gasteiger partial charge is 0.268 e. The first-order valence-electron chi connectivity index (χ1n) is 6.55. The fraction of sp³-hybridized carbons (Fsp3) is 0.0588. The second-order valence-electron chi connectivity index (χ2n) is 4.77. The zero-order chi connectivity index (χ0) is 14.8. The SMILES string of the molecule is Cc1cccc(C=C2SC(=O)N(c3ccccc3)C2=O)c1. The Bertz CT molecular complexity index is 737. The molecule has 0 bridgehead atoms. The molecule has 104 valence electrons. The van der Waals surface area contributed by atoms with Crippen LogP contribution >= 0.6 is 11.8 Å². The van der Waals surface area contributed by atoms with Gasteiger partial charge in [0.05, 0.1) is 10.6 Å². The molecule has 4 heteroatoms. The number of anilines is 1. The van der Waals surface area contributed by atoms with Crippen LogP contribution in [-0.2, 0) is 4.79 Å². The van der Waals surface area contributed by atoms with Crippen molar-refractivity contribution < 1.29 is 9.59 Å². The number of carbonyl (C=O) groups excluding carboxylic acids is 2. The molecule has 21 heavy (non-hydrogen) atoms. The van der Waals surface area contributed by atoms with Gasteiger partial charge in [0.25, 0.3) is 11.1 Å². The van der Waals surface area contributed by atoms with Crippen molar-refractivity contribution in [1.29, 1.82) is 0 Å². The van der Waals surface area contributed by atoms with Crippen molar-refractivity contribution in [2.75, 3.05) is 4.90 Å². The van der Waals surface area contributed by atoms with E-state index in [2.05, 4.69) is 0 Å². The number of hydrogen-bond donors (Lipinski definition) is 0. The van der Waals surface area contributed by atoms with Gasteiger partial charge in [0.1, 0.15) is 0 Å². The Kier molecular flexibility index (Phi) is 3.62. The quantitative estimate of drug-likeness (QED) is 0.778. The Morgan fingerprint density at radius 2 is 1.76 bits per heavy atom. The van der Waals surface area contributed by atoms with Gasteiger partial charge < -0.3 is 0 Å². The lowest BCUT2D eigenvalue weighted by atomic mass is 10.1. The molecule has 1 heterocycles. The summed E-state index contributed by atoms with van der Waals surface area (Å²) in [6.07, 6.45) is 1.76. The maximum Gasteiger partial charge on any atom is 0.298 e. The van der Waals surface area contributed by atoms with Crippen LogP contribution in [0.1, 0.15) is 11.1 Å². The Morgan fingerprint density at radius 3 is 2.48 bits per heavy atom. The summed E-state index contributed by atoms with van der Waals surface area (Å²) in [6, 6.07) is 16.8. The van der Waals surface area contributed by atoms with Crippen LogP contribution in [0.4, 0.5) is 10.5 Å². The van der Waals surface area contributed by atoms with E-state index in [-0.39, 0.29) is 11.1 Å². The highest BCUT2D eigenvalue weighted by Crippen LogP contribution is 2.35. The van der Waals surface area contributed by atoms with Gasteiger partial charge in [-0.3, -0.25) is 9.59 Å². The average molecular weight is 295 g/mol. The number of rotatable bonds is 2. The number of imide groups is 1. The van der Waals surface area contributed by atoms with Crippen LogP contribution in [0, 0.1) is 6.92 Å². The van der Waals surface area contributed by atoms with Crippen LogP contribution in [-0.4, -0.2) is 11.1 Å². The van der Waals surface area contributed by atoms with E-state index in [4.69, 9.17) is 0 Å². The van der Waals surface area contributed by atoms with E-state index in [1.807, 2.05) is 49.4 Å². The molecule has 0 radical (unpaired) electrons. The molecule has 3 rings (SSSR count). The molecule has 2 amide bonds. The number of thioether (sulfide) groups is 1. The number of carbonyl (C=O) groups is 2. The Morgan fingerprint density at radius 1 is 1.00 bits per heavy atom. The molecule has 2 aromatic rings. The predicted molar refractivity (Wildman–Crippen MR) is 86.1 cm³/mol. The normalized spacial score (nSPS) is 16.8. The van der Waals surface area contributed by atoms with Crippen molar-refractivity contribution in [2.45, 2.75) is 6.92 Å². The summed E-state index contributed by atoms with van der Waals surface area (Å²) in [5.74, 6) is -0.266. The van der Waals surface area contributed by atoms with Gasteiger partial charge in [0.15, 0.2) is 0 Å². The van der Waals surface area contributed by atoms with Gasteiger partial charge in [0, 0.05) is 0 Å². The monoisotopic (exact) mass is 295 g/mol. The molecule has 0 spiro atoms. The van der Waals surface area contributed by atoms with E-state index in [0.717, 1.165) is 22.9 Å². The minimum Gasteiger partial charge on any atom is -0.268 e. The predicted octanol–water partition coefficient (Wildman–Crippen LogP) is 4.24. The van der Waals surface area contributed by atoms with Gasteiger partial charge in [0.2, 0.25) is 0 Å². The lowest BCUT2D eigenvalue weighted by Crippen LogP contribution is -2.27. The summed E-state index contributed by atoms with van der Waals surface area (Å²) in [6.45, 7) is 1.99. The van der Waals surface area contributed by atoms with Crippen molar-refractivity contribution in [3.05, 3.63) is 70.6 Å². The van der Waals surface area contributed by atoms with Gasteiger partial charge in [-0.25, -0.2) is 4.90 Å². The highest BCUT2D eigenvalue weighted by Gasteiger charge is 2.36. The van der Waals surface area contributed by atoms with Crippen molar-refractivity contribution in [1.82, 2.24) is 0 Å². The van der Waals surface area contributed by atoms with Crippen LogP contribution in [0.2, 0.25) is 0 Å². The zero-order valence-electron chi connectivity index (χ0n) is 11.4. The third kappa shape index (κ3) is 2.76. The number of amides is 2. The molecule has 1 fully saturated rings. The number of benzene rings is 2. The highest BCUT2D eigenvalue weighted by atomic mass is 32.2. The van der Waals surface area contributed by atoms with Gasteiger partial charge in [-0.1, -0.05) is 48.0 Å². The largest absolute Gasteiger partial charge is 0.298 e. The van der Waals surface area contributed by atoms with Crippen molar-refractivity contribution in [3.63, 3.8) is 0 Å². The second kappa shape index (κ2) is 5.58. The molecule has 0 aliphatic carbocycles. The summed E-state index contributed by atoms with van der Waals surface area (Å²) >= 11 is 0.976. The minimum absolute atomic E-state index is 0.259. The maximum absolute atomic E-state index is 12.4. The van der Waals surface area contributed by atoms with Crippen molar-refractivity contribution >= 4 is 34.7 Å². The van der Waals surface area contributed by atoms with E-state index in [0.29, 0.717) is 10.6 Å². The van der Waals surface area contributed by atoms with Crippen LogP contribution in [0.25, 0.3) is 6.08 Å². The van der Waals surface area contributed by atoms with Gasteiger partial charge >= 0.3 is 0 Å². The maximum atomic E-state index is 12.4. The van der Waals surface area contributed by atoms with Crippen LogP contribution in [0.5, 0.6) is 0 Å². The molecule has 2 aromatic carbocycles. The summed E-state index contributed by atoms with van der Waals surface area (Å²) in [7, 11) is 0. The molecule has 0 saturated carbocycles. The standard InChI is InChI=1S/C17H13NO2S/c1-12-6-5-7-13(10-12)11-15-16(19)18(17(20)21-15)14-8-3-2-4-9-14/h2-11H,1H3. The highest BCUT2D eigenvalue weighted by molar-refractivity contribution is 8.19. The van der Waals surface area contributed by atoms with E-state index in [1.165, 1.54) is 4.90 Å². The van der Waals surface area contributed by atoms with Crippen molar-refractivity contribution in [2.24, 2.45) is 0 Å². The fourth-order valence-corrected chi connectivity index (χ4v) is 3.02. The number of para-hydroxylation sites is 1. The third-order valence-electron chi connectivity index (χ3n) is 3.15. The topological polar surface area (TPSA) is 37.4 Å². The first-order chi connectivity index (χ1) is 10.1. The molecule has 0 unspecified atom stereocenters. The molecule has 1 aliphatic rings. The molecule has 3 nitrogen and oxygen atoms in total. The zero-order valence-corrected chi connectivity index (χ0v) is 12.3. The number of hydrogen-bond acceptors (Lipinski definition) is 3. The van der Waals surface area contributed by atoms with E-state index < -0.39 is 0 Å². The molecule has 0 N–H and O–H groups in total. The third-order valence-corrected chi connectivity index (χ3v) is 4.02. The summed E-state index contributed by atoms with van der Waals surface area (Å²) in [5, 5.41) is -0.259. The van der Waals surface area contributed by atoms with Gasteiger partial charge in [-0.2, -0.15) is 0 Å². The molecular weight excluding hydrogens is 282 g/mol. The van der Waals surface area contributed by atoms with Gasteiger partial charge in [-0.15, -0.1) is 0 Å². The average Bonchev–Trinajstić information content (AvgIpc) is 2.74. The first-order valence-corrected chi connectivity index (χ1v) is 7.36. The lowest BCUT2D eigenvalue weighted by molar-refractivity contribution is -0.113. The summed E-state index contributed by atoms with van der Waals surface area (Å²) in [5.41, 5.74) is 2.65. The van der Waals surface area contributed by atoms with Crippen LogP contribution < -0.4 is 4.90 Å². The first kappa shape index (κ1) is 13.6. The number of nitrogens with zero attached hydrogens (tertiary/aromatic N) is 1. The van der Waals surface area contributed by atoms with Crippen LogP contribution in [0.15, 0.2) is 59.5 Å². The lowest BCUT2D eigenvalue weighted by Gasteiger charge is -2.11. The van der Waals surface area contributed by atoms with Crippen LogP contribution in [0.3, 0.4) is 0 Å². The molecule has 1 aliphatic heterocycles. The van der Waals surface area contributed by atoms with E-state index in [1.54, 1.807) is 18.2 Å². The van der Waals surface area contributed by atoms with E-state index >= 15 is 0 Å².